The zero-order chi connectivity index (χ0) is 20.1. The van der Waals surface area contributed by atoms with Crippen molar-refractivity contribution in [1.82, 2.24) is 24.9 Å². The summed E-state index contributed by atoms with van der Waals surface area (Å²) in [5.41, 5.74) is 2.09. The van der Waals surface area contributed by atoms with E-state index in [2.05, 4.69) is 44.3 Å². The fraction of sp³-hybridized carbons (Fsp3) is 0.333. The Labute approximate surface area is 174 Å². The topological polar surface area (TPSA) is 75.4 Å². The molecule has 0 N–H and O–H groups in total. The summed E-state index contributed by atoms with van der Waals surface area (Å²) in [6.07, 6.45) is 1.71. The zero-order valence-corrected chi connectivity index (χ0v) is 17.1. The molecule has 1 amide bonds. The van der Waals surface area contributed by atoms with Gasteiger partial charge in [-0.15, -0.1) is 0 Å². The van der Waals surface area contributed by atoms with Gasteiger partial charge >= 0.3 is 0 Å². The number of thioether (sulfide) groups is 1. The molecule has 1 aromatic carbocycles. The van der Waals surface area contributed by atoms with Crippen molar-refractivity contribution >= 4 is 17.7 Å². The quantitative estimate of drug-likeness (QED) is 0.580. The SMILES string of the molecule is Cc1nc(-c2cccnc2SCC(=O)N2CCN(Cc3ccccc3)CC2)no1. The summed E-state index contributed by atoms with van der Waals surface area (Å²) in [6, 6.07) is 14.2. The highest BCUT2D eigenvalue weighted by Gasteiger charge is 2.22. The lowest BCUT2D eigenvalue weighted by atomic mass is 10.2. The Kier molecular flexibility index (Phi) is 6.21. The number of hydrogen-bond acceptors (Lipinski definition) is 7. The summed E-state index contributed by atoms with van der Waals surface area (Å²) >= 11 is 1.42. The summed E-state index contributed by atoms with van der Waals surface area (Å²) in [6.45, 7) is 5.97. The number of pyridine rings is 1. The number of hydrogen-bond donors (Lipinski definition) is 0. The van der Waals surface area contributed by atoms with Crippen molar-refractivity contribution in [2.45, 2.75) is 18.5 Å². The standard InChI is InChI=1S/C21H23N5O2S/c1-16-23-20(24-28-16)18-8-5-9-22-21(18)29-15-19(27)26-12-10-25(11-13-26)14-17-6-3-2-4-7-17/h2-9H,10-15H2,1H3. The molecule has 0 aliphatic carbocycles. The molecule has 8 heteroatoms. The Morgan fingerprint density at radius 1 is 1.10 bits per heavy atom. The van der Waals surface area contributed by atoms with Crippen LogP contribution in [0.15, 0.2) is 58.2 Å². The predicted octanol–water partition coefficient (Wildman–Crippen LogP) is 2.88. The molecule has 0 radical (unpaired) electrons. The van der Waals surface area contributed by atoms with Crippen LogP contribution in [0.4, 0.5) is 0 Å². The first-order valence-electron chi connectivity index (χ1n) is 9.61. The van der Waals surface area contributed by atoms with Crippen LogP contribution in [-0.2, 0) is 11.3 Å². The molecule has 150 valence electrons. The molecule has 1 fully saturated rings. The van der Waals surface area contributed by atoms with E-state index in [1.54, 1.807) is 13.1 Å². The van der Waals surface area contributed by atoms with Crippen LogP contribution in [-0.4, -0.2) is 62.8 Å². The monoisotopic (exact) mass is 409 g/mol. The lowest BCUT2D eigenvalue weighted by Gasteiger charge is -2.34. The summed E-state index contributed by atoms with van der Waals surface area (Å²) in [7, 11) is 0. The van der Waals surface area contributed by atoms with Gasteiger partial charge < -0.3 is 9.42 Å². The number of rotatable bonds is 6. The predicted molar refractivity (Wildman–Crippen MR) is 111 cm³/mol. The van der Waals surface area contributed by atoms with E-state index in [9.17, 15) is 4.79 Å². The number of aromatic nitrogens is 3. The summed E-state index contributed by atoms with van der Waals surface area (Å²) in [5.74, 6) is 1.49. The van der Waals surface area contributed by atoms with E-state index in [1.165, 1.54) is 17.3 Å². The van der Waals surface area contributed by atoms with Gasteiger partial charge in [-0.3, -0.25) is 9.69 Å². The maximum absolute atomic E-state index is 12.7. The van der Waals surface area contributed by atoms with Gasteiger partial charge in [0.1, 0.15) is 5.03 Å². The van der Waals surface area contributed by atoms with Crippen molar-refractivity contribution in [1.29, 1.82) is 0 Å². The van der Waals surface area contributed by atoms with Crippen LogP contribution in [0.5, 0.6) is 0 Å². The molecule has 4 rings (SSSR count). The summed E-state index contributed by atoms with van der Waals surface area (Å²) in [5, 5.41) is 4.71. The van der Waals surface area contributed by atoms with Crippen LogP contribution in [0.1, 0.15) is 11.5 Å². The van der Waals surface area contributed by atoms with Gasteiger partial charge in [0.05, 0.1) is 11.3 Å². The van der Waals surface area contributed by atoms with Crippen LogP contribution >= 0.6 is 11.8 Å². The van der Waals surface area contributed by atoms with Crippen molar-refractivity contribution in [2.75, 3.05) is 31.9 Å². The third-order valence-corrected chi connectivity index (χ3v) is 5.84. The first kappa shape index (κ1) is 19.6. The molecule has 1 saturated heterocycles. The fourth-order valence-electron chi connectivity index (χ4n) is 3.30. The van der Waals surface area contributed by atoms with Crippen molar-refractivity contribution in [2.24, 2.45) is 0 Å². The van der Waals surface area contributed by atoms with Crippen LogP contribution in [0, 0.1) is 6.92 Å². The number of aryl methyl sites for hydroxylation is 1. The van der Waals surface area contributed by atoms with E-state index in [0.29, 0.717) is 17.5 Å². The van der Waals surface area contributed by atoms with Gasteiger partial charge in [-0.05, 0) is 17.7 Å². The van der Waals surface area contributed by atoms with Gasteiger partial charge in [-0.2, -0.15) is 4.98 Å². The smallest absolute Gasteiger partial charge is 0.233 e. The first-order chi connectivity index (χ1) is 14.2. The Bertz CT molecular complexity index is 954. The van der Waals surface area contributed by atoms with Gasteiger partial charge in [-0.1, -0.05) is 47.3 Å². The molecule has 0 spiro atoms. The highest BCUT2D eigenvalue weighted by atomic mass is 32.2. The van der Waals surface area contributed by atoms with Gasteiger partial charge in [0.15, 0.2) is 0 Å². The van der Waals surface area contributed by atoms with Gasteiger partial charge in [0.25, 0.3) is 0 Å². The van der Waals surface area contributed by atoms with E-state index in [1.807, 2.05) is 23.1 Å². The number of carbonyl (C=O) groups is 1. The summed E-state index contributed by atoms with van der Waals surface area (Å²) < 4.78 is 5.07. The molecule has 29 heavy (non-hydrogen) atoms. The average Bonchev–Trinajstić information content (AvgIpc) is 3.19. The number of benzene rings is 1. The van der Waals surface area contributed by atoms with E-state index < -0.39 is 0 Å². The Balaban J connectivity index is 1.30. The van der Waals surface area contributed by atoms with Crippen LogP contribution in [0.2, 0.25) is 0 Å². The normalized spacial score (nSPS) is 14.9. The largest absolute Gasteiger partial charge is 0.339 e. The van der Waals surface area contributed by atoms with Crippen molar-refractivity contribution < 1.29 is 9.32 Å². The highest BCUT2D eigenvalue weighted by molar-refractivity contribution is 8.00. The maximum atomic E-state index is 12.7. The van der Waals surface area contributed by atoms with E-state index >= 15 is 0 Å². The van der Waals surface area contributed by atoms with Crippen LogP contribution < -0.4 is 0 Å². The second kappa shape index (κ2) is 9.19. The minimum absolute atomic E-state index is 0.134. The minimum atomic E-state index is 0.134. The maximum Gasteiger partial charge on any atom is 0.233 e. The van der Waals surface area contributed by atoms with Gasteiger partial charge in [0, 0.05) is 45.8 Å². The van der Waals surface area contributed by atoms with E-state index in [4.69, 9.17) is 4.52 Å². The van der Waals surface area contributed by atoms with E-state index in [0.717, 1.165) is 43.3 Å². The number of piperazine rings is 1. The molecule has 1 aliphatic heterocycles. The Morgan fingerprint density at radius 3 is 2.62 bits per heavy atom. The molecular formula is C21H23N5O2S. The average molecular weight is 410 g/mol. The van der Waals surface area contributed by atoms with Crippen LogP contribution in [0.25, 0.3) is 11.4 Å². The Hall–Kier alpha value is -2.71. The Morgan fingerprint density at radius 2 is 1.90 bits per heavy atom. The minimum Gasteiger partial charge on any atom is -0.339 e. The molecule has 2 aromatic heterocycles. The molecule has 1 aliphatic rings. The number of nitrogens with zero attached hydrogens (tertiary/aromatic N) is 5. The first-order valence-corrected chi connectivity index (χ1v) is 10.6. The highest BCUT2D eigenvalue weighted by Crippen LogP contribution is 2.27. The van der Waals surface area contributed by atoms with Crippen molar-refractivity contribution in [3.8, 4) is 11.4 Å². The second-order valence-electron chi connectivity index (χ2n) is 6.92. The fourth-order valence-corrected chi connectivity index (χ4v) is 4.20. The summed E-state index contributed by atoms with van der Waals surface area (Å²) in [4.78, 5) is 25.7. The molecular weight excluding hydrogens is 386 g/mol. The molecule has 3 heterocycles. The lowest BCUT2D eigenvalue weighted by Crippen LogP contribution is -2.48. The van der Waals surface area contributed by atoms with E-state index in [-0.39, 0.29) is 5.91 Å². The number of amides is 1. The molecule has 0 saturated carbocycles. The third-order valence-electron chi connectivity index (χ3n) is 4.85. The third kappa shape index (κ3) is 5.02. The molecule has 3 aromatic rings. The van der Waals surface area contributed by atoms with Crippen molar-refractivity contribution in [3.05, 3.63) is 60.1 Å². The van der Waals surface area contributed by atoms with Crippen LogP contribution in [0.3, 0.4) is 0 Å². The lowest BCUT2D eigenvalue weighted by molar-refractivity contribution is -0.130. The zero-order valence-electron chi connectivity index (χ0n) is 16.3. The van der Waals surface area contributed by atoms with Gasteiger partial charge in [-0.25, -0.2) is 4.98 Å². The molecule has 7 nitrogen and oxygen atoms in total. The van der Waals surface area contributed by atoms with Gasteiger partial charge in [0.2, 0.25) is 17.6 Å². The molecule has 0 bridgehead atoms. The number of carbonyl (C=O) groups excluding carboxylic acids is 1. The molecule has 0 atom stereocenters. The molecule has 0 unspecified atom stereocenters. The van der Waals surface area contributed by atoms with Crippen molar-refractivity contribution in [3.63, 3.8) is 0 Å². The second-order valence-corrected chi connectivity index (χ2v) is 7.89.